The highest BCUT2D eigenvalue weighted by molar-refractivity contribution is 9.10. The van der Waals surface area contributed by atoms with E-state index in [1.165, 1.54) is 27.0 Å². The first-order chi connectivity index (χ1) is 9.22. The fraction of sp³-hybridized carbons (Fsp3) is 0.400. The van der Waals surface area contributed by atoms with Gasteiger partial charge in [-0.05, 0) is 49.4 Å². The summed E-state index contributed by atoms with van der Waals surface area (Å²) in [5, 5.41) is 6.94. The van der Waals surface area contributed by atoms with Crippen molar-refractivity contribution in [3.8, 4) is 0 Å². The Kier molecular flexibility index (Phi) is 4.01. The smallest absolute Gasteiger partial charge is 0.109 e. The molecular formula is C15H17BrN2S. The number of nitrogens with one attached hydrogen (secondary N) is 1. The molecule has 0 aliphatic heterocycles. The SMILES string of the molecule is CC(NC1CCc2cc(Br)ccc2C1)c1nccs1. The van der Waals surface area contributed by atoms with Crippen molar-refractivity contribution in [2.75, 3.05) is 0 Å². The average Bonchev–Trinajstić information content (AvgIpc) is 2.93. The van der Waals surface area contributed by atoms with Crippen LogP contribution in [0.4, 0.5) is 0 Å². The molecule has 1 heterocycles. The molecule has 0 fully saturated rings. The first kappa shape index (κ1) is 13.3. The minimum Gasteiger partial charge on any atom is -0.305 e. The number of hydrogen-bond donors (Lipinski definition) is 1. The molecule has 0 spiro atoms. The van der Waals surface area contributed by atoms with Gasteiger partial charge in [-0.15, -0.1) is 11.3 Å². The number of benzene rings is 1. The summed E-state index contributed by atoms with van der Waals surface area (Å²) in [6, 6.07) is 7.57. The third-order valence-electron chi connectivity index (χ3n) is 3.70. The summed E-state index contributed by atoms with van der Waals surface area (Å²) in [4.78, 5) is 4.39. The van der Waals surface area contributed by atoms with Gasteiger partial charge in [-0.1, -0.05) is 22.0 Å². The third kappa shape index (κ3) is 3.07. The van der Waals surface area contributed by atoms with Crippen LogP contribution in [-0.4, -0.2) is 11.0 Å². The lowest BCUT2D eigenvalue weighted by Crippen LogP contribution is -2.36. The molecule has 19 heavy (non-hydrogen) atoms. The molecule has 2 nitrogen and oxygen atoms in total. The molecule has 4 heteroatoms. The normalized spacial score (nSPS) is 20.0. The molecule has 1 aromatic carbocycles. The number of nitrogens with zero attached hydrogens (tertiary/aromatic N) is 1. The number of hydrogen-bond acceptors (Lipinski definition) is 3. The fourth-order valence-electron chi connectivity index (χ4n) is 2.74. The first-order valence-corrected chi connectivity index (χ1v) is 8.32. The molecule has 1 N–H and O–H groups in total. The van der Waals surface area contributed by atoms with Crippen LogP contribution < -0.4 is 5.32 Å². The maximum absolute atomic E-state index is 4.39. The third-order valence-corrected chi connectivity index (χ3v) is 5.16. The number of aromatic nitrogens is 1. The summed E-state index contributed by atoms with van der Waals surface area (Å²) in [5.41, 5.74) is 2.98. The monoisotopic (exact) mass is 336 g/mol. The van der Waals surface area contributed by atoms with Gasteiger partial charge in [-0.25, -0.2) is 4.98 Å². The predicted molar refractivity (Wildman–Crippen MR) is 83.6 cm³/mol. The van der Waals surface area contributed by atoms with E-state index in [4.69, 9.17) is 0 Å². The summed E-state index contributed by atoms with van der Waals surface area (Å²) in [5.74, 6) is 0. The summed E-state index contributed by atoms with van der Waals surface area (Å²) < 4.78 is 1.19. The molecule has 0 saturated carbocycles. The van der Waals surface area contributed by atoms with Crippen molar-refractivity contribution in [1.82, 2.24) is 10.3 Å². The van der Waals surface area contributed by atoms with Crippen molar-refractivity contribution in [2.24, 2.45) is 0 Å². The molecule has 0 radical (unpaired) electrons. The van der Waals surface area contributed by atoms with E-state index in [1.807, 2.05) is 11.6 Å². The zero-order chi connectivity index (χ0) is 13.2. The van der Waals surface area contributed by atoms with Gasteiger partial charge in [0.1, 0.15) is 5.01 Å². The van der Waals surface area contributed by atoms with Gasteiger partial charge in [0.2, 0.25) is 0 Å². The number of aryl methyl sites for hydroxylation is 1. The van der Waals surface area contributed by atoms with E-state index in [-0.39, 0.29) is 0 Å². The lowest BCUT2D eigenvalue weighted by Gasteiger charge is -2.28. The van der Waals surface area contributed by atoms with Crippen LogP contribution in [0.15, 0.2) is 34.2 Å². The Morgan fingerprint density at radius 3 is 3.11 bits per heavy atom. The quantitative estimate of drug-likeness (QED) is 0.912. The first-order valence-electron chi connectivity index (χ1n) is 6.65. The Hall–Kier alpha value is -0.710. The van der Waals surface area contributed by atoms with Gasteiger partial charge in [0.15, 0.2) is 0 Å². The van der Waals surface area contributed by atoms with Gasteiger partial charge in [0, 0.05) is 22.1 Å². The lowest BCUT2D eigenvalue weighted by molar-refractivity contribution is 0.413. The highest BCUT2D eigenvalue weighted by Gasteiger charge is 2.21. The highest BCUT2D eigenvalue weighted by Crippen LogP contribution is 2.26. The number of rotatable bonds is 3. The summed E-state index contributed by atoms with van der Waals surface area (Å²) in [6.45, 7) is 2.20. The standard InChI is InChI=1S/C15H17BrN2S/c1-10(15-17-6-7-19-15)18-14-5-3-11-8-13(16)4-2-12(11)9-14/h2,4,6-8,10,14,18H,3,5,9H2,1H3. The Labute approximate surface area is 126 Å². The van der Waals surface area contributed by atoms with Crippen LogP contribution >= 0.6 is 27.3 Å². The minimum atomic E-state index is 0.349. The number of halogens is 1. The second-order valence-electron chi connectivity index (χ2n) is 5.11. The van der Waals surface area contributed by atoms with Crippen molar-refractivity contribution in [3.63, 3.8) is 0 Å². The zero-order valence-electron chi connectivity index (χ0n) is 10.9. The minimum absolute atomic E-state index is 0.349. The maximum atomic E-state index is 4.39. The predicted octanol–water partition coefficient (Wildman–Crippen LogP) is 4.11. The van der Waals surface area contributed by atoms with Crippen LogP contribution in [0.25, 0.3) is 0 Å². The van der Waals surface area contributed by atoms with Crippen LogP contribution in [0.3, 0.4) is 0 Å². The molecule has 2 aromatic rings. The zero-order valence-corrected chi connectivity index (χ0v) is 13.3. The molecule has 1 aromatic heterocycles. The van der Waals surface area contributed by atoms with Crippen LogP contribution in [-0.2, 0) is 12.8 Å². The molecule has 3 rings (SSSR count). The molecule has 2 unspecified atom stereocenters. The van der Waals surface area contributed by atoms with E-state index in [2.05, 4.69) is 51.4 Å². The average molecular weight is 337 g/mol. The number of fused-ring (bicyclic) bond motifs is 1. The van der Waals surface area contributed by atoms with E-state index >= 15 is 0 Å². The Balaban J connectivity index is 1.67. The van der Waals surface area contributed by atoms with Gasteiger partial charge in [0.25, 0.3) is 0 Å². The van der Waals surface area contributed by atoms with Crippen LogP contribution in [0.2, 0.25) is 0 Å². The van der Waals surface area contributed by atoms with Gasteiger partial charge in [-0.3, -0.25) is 0 Å². The summed E-state index contributed by atoms with van der Waals surface area (Å²) in [7, 11) is 0. The fourth-order valence-corrected chi connectivity index (χ4v) is 3.80. The van der Waals surface area contributed by atoms with Crippen molar-refractivity contribution in [1.29, 1.82) is 0 Å². The van der Waals surface area contributed by atoms with E-state index in [0.717, 1.165) is 12.8 Å². The van der Waals surface area contributed by atoms with Gasteiger partial charge in [-0.2, -0.15) is 0 Å². The highest BCUT2D eigenvalue weighted by atomic mass is 79.9. The van der Waals surface area contributed by atoms with E-state index in [0.29, 0.717) is 12.1 Å². The van der Waals surface area contributed by atoms with E-state index < -0.39 is 0 Å². The molecule has 1 aliphatic carbocycles. The van der Waals surface area contributed by atoms with Crippen molar-refractivity contribution in [3.05, 3.63) is 50.4 Å². The molecular weight excluding hydrogens is 320 g/mol. The molecule has 0 saturated heterocycles. The second-order valence-corrected chi connectivity index (χ2v) is 6.95. The van der Waals surface area contributed by atoms with E-state index in [1.54, 1.807) is 11.3 Å². The molecule has 0 amide bonds. The molecule has 0 bridgehead atoms. The van der Waals surface area contributed by atoms with Gasteiger partial charge in [0.05, 0.1) is 6.04 Å². The van der Waals surface area contributed by atoms with Crippen molar-refractivity contribution >= 4 is 27.3 Å². The summed E-state index contributed by atoms with van der Waals surface area (Å²) >= 11 is 5.28. The van der Waals surface area contributed by atoms with Crippen LogP contribution in [0, 0.1) is 0 Å². The van der Waals surface area contributed by atoms with E-state index in [9.17, 15) is 0 Å². The van der Waals surface area contributed by atoms with Gasteiger partial charge < -0.3 is 5.32 Å². The largest absolute Gasteiger partial charge is 0.305 e. The Bertz CT molecular complexity index is 553. The lowest BCUT2D eigenvalue weighted by atomic mass is 9.88. The second kappa shape index (κ2) is 5.73. The van der Waals surface area contributed by atoms with Gasteiger partial charge >= 0.3 is 0 Å². The van der Waals surface area contributed by atoms with Crippen molar-refractivity contribution in [2.45, 2.75) is 38.3 Å². The van der Waals surface area contributed by atoms with Crippen LogP contribution in [0.1, 0.15) is 35.5 Å². The molecule has 1 aliphatic rings. The van der Waals surface area contributed by atoms with Crippen molar-refractivity contribution < 1.29 is 0 Å². The summed E-state index contributed by atoms with van der Waals surface area (Å²) in [6.07, 6.45) is 5.38. The Morgan fingerprint density at radius 1 is 1.42 bits per heavy atom. The molecule has 2 atom stereocenters. The van der Waals surface area contributed by atoms with Crippen LogP contribution in [0.5, 0.6) is 0 Å². The maximum Gasteiger partial charge on any atom is 0.109 e. The Morgan fingerprint density at radius 2 is 2.32 bits per heavy atom. The molecule has 100 valence electrons. The topological polar surface area (TPSA) is 24.9 Å². The number of thiazole rings is 1.